The van der Waals surface area contributed by atoms with Gasteiger partial charge in [-0.05, 0) is 24.7 Å². The molecule has 0 saturated carbocycles. The zero-order chi connectivity index (χ0) is 18.3. The summed E-state index contributed by atoms with van der Waals surface area (Å²) in [6, 6.07) is 0. The molecular formula is C22H44O2. The van der Waals surface area contributed by atoms with Crippen LogP contribution in [0.15, 0.2) is 0 Å². The Morgan fingerprint density at radius 1 is 0.750 bits per heavy atom. The second kappa shape index (κ2) is 14.8. The monoisotopic (exact) mass is 340 g/mol. The van der Waals surface area contributed by atoms with Crippen molar-refractivity contribution >= 4 is 5.97 Å². The lowest BCUT2D eigenvalue weighted by molar-refractivity contribution is -0.147. The molecule has 0 aliphatic rings. The van der Waals surface area contributed by atoms with E-state index in [-0.39, 0.29) is 11.3 Å². The van der Waals surface area contributed by atoms with Crippen LogP contribution in [0.4, 0.5) is 0 Å². The molecule has 24 heavy (non-hydrogen) atoms. The van der Waals surface area contributed by atoms with Crippen molar-refractivity contribution in [2.45, 2.75) is 124 Å². The Morgan fingerprint density at radius 2 is 1.17 bits per heavy atom. The maximum atomic E-state index is 11.9. The standard InChI is InChI=1S/C22H44O2/c1-5-8-11-12-13-14-15-16-17-20(21(23)24)22(4,18-9-6-2)19-10-7-3/h20H,5-19H2,1-4H3,(H,23,24). The molecule has 2 nitrogen and oxygen atoms in total. The predicted octanol–water partition coefficient (Wildman–Crippen LogP) is 7.60. The van der Waals surface area contributed by atoms with E-state index in [1.807, 2.05) is 0 Å². The van der Waals surface area contributed by atoms with Crippen LogP contribution in [0.25, 0.3) is 0 Å². The van der Waals surface area contributed by atoms with Crippen LogP contribution in [0, 0.1) is 11.3 Å². The number of rotatable bonds is 17. The van der Waals surface area contributed by atoms with Crippen LogP contribution in [0.3, 0.4) is 0 Å². The maximum Gasteiger partial charge on any atom is 0.307 e. The van der Waals surface area contributed by atoms with Gasteiger partial charge in [-0.1, -0.05) is 105 Å². The Morgan fingerprint density at radius 3 is 1.58 bits per heavy atom. The average molecular weight is 341 g/mol. The first-order valence-electron chi connectivity index (χ1n) is 10.7. The van der Waals surface area contributed by atoms with Crippen LogP contribution in [0.5, 0.6) is 0 Å². The minimum absolute atomic E-state index is 0.0149. The summed E-state index contributed by atoms with van der Waals surface area (Å²) < 4.78 is 0. The summed E-state index contributed by atoms with van der Waals surface area (Å²) >= 11 is 0. The summed E-state index contributed by atoms with van der Waals surface area (Å²) in [5.41, 5.74) is -0.0149. The van der Waals surface area contributed by atoms with Crippen LogP contribution in [-0.2, 0) is 4.79 Å². The van der Waals surface area contributed by atoms with E-state index in [9.17, 15) is 9.90 Å². The first-order valence-corrected chi connectivity index (χ1v) is 10.7. The molecule has 0 radical (unpaired) electrons. The molecule has 1 N–H and O–H groups in total. The second-order valence-electron chi connectivity index (χ2n) is 8.02. The van der Waals surface area contributed by atoms with E-state index in [1.54, 1.807) is 0 Å². The molecule has 1 atom stereocenters. The molecule has 0 saturated heterocycles. The third kappa shape index (κ3) is 10.4. The van der Waals surface area contributed by atoms with E-state index in [0.29, 0.717) is 0 Å². The van der Waals surface area contributed by atoms with Gasteiger partial charge in [0.05, 0.1) is 5.92 Å². The van der Waals surface area contributed by atoms with Gasteiger partial charge in [0.2, 0.25) is 0 Å². The van der Waals surface area contributed by atoms with Crippen molar-refractivity contribution < 1.29 is 9.90 Å². The third-order valence-corrected chi connectivity index (χ3v) is 5.69. The van der Waals surface area contributed by atoms with Gasteiger partial charge in [-0.15, -0.1) is 0 Å². The summed E-state index contributed by atoms with van der Waals surface area (Å²) in [5.74, 6) is -0.719. The zero-order valence-corrected chi connectivity index (χ0v) is 17.0. The fraction of sp³-hybridized carbons (Fsp3) is 0.955. The van der Waals surface area contributed by atoms with E-state index in [0.717, 1.165) is 51.4 Å². The topological polar surface area (TPSA) is 37.3 Å². The van der Waals surface area contributed by atoms with E-state index < -0.39 is 5.97 Å². The maximum absolute atomic E-state index is 11.9. The van der Waals surface area contributed by atoms with Crippen molar-refractivity contribution in [3.8, 4) is 0 Å². The van der Waals surface area contributed by atoms with E-state index >= 15 is 0 Å². The minimum atomic E-state index is -0.562. The highest BCUT2D eigenvalue weighted by molar-refractivity contribution is 5.71. The first-order chi connectivity index (χ1) is 11.5. The highest BCUT2D eigenvalue weighted by Crippen LogP contribution is 2.41. The summed E-state index contributed by atoms with van der Waals surface area (Å²) in [6.07, 6.45) is 17.9. The van der Waals surface area contributed by atoms with Gasteiger partial charge in [-0.3, -0.25) is 4.79 Å². The van der Waals surface area contributed by atoms with Crippen LogP contribution in [0.1, 0.15) is 124 Å². The van der Waals surface area contributed by atoms with E-state index in [2.05, 4.69) is 27.7 Å². The molecule has 0 spiro atoms. The lowest BCUT2D eigenvalue weighted by Gasteiger charge is -2.36. The van der Waals surface area contributed by atoms with Crippen molar-refractivity contribution in [3.05, 3.63) is 0 Å². The normalized spacial score (nSPS) is 13.2. The SMILES string of the molecule is CCCCCCCCCCC(C(=O)O)C(C)(CCCC)CCCC. The predicted molar refractivity (Wildman–Crippen MR) is 106 cm³/mol. The molecule has 144 valence electrons. The molecule has 2 heteroatoms. The van der Waals surface area contributed by atoms with Crippen molar-refractivity contribution in [2.75, 3.05) is 0 Å². The summed E-state index contributed by atoms with van der Waals surface area (Å²) in [5, 5.41) is 9.81. The molecule has 1 unspecified atom stereocenters. The molecule has 0 rings (SSSR count). The van der Waals surface area contributed by atoms with Gasteiger partial charge in [-0.2, -0.15) is 0 Å². The Hall–Kier alpha value is -0.530. The fourth-order valence-electron chi connectivity index (χ4n) is 3.89. The highest BCUT2D eigenvalue weighted by Gasteiger charge is 2.37. The third-order valence-electron chi connectivity index (χ3n) is 5.69. The Kier molecular flexibility index (Phi) is 14.5. The molecular weight excluding hydrogens is 296 g/mol. The Bertz CT molecular complexity index is 290. The average Bonchev–Trinajstić information content (AvgIpc) is 2.56. The largest absolute Gasteiger partial charge is 0.481 e. The molecule has 0 aliphatic heterocycles. The number of hydrogen-bond acceptors (Lipinski definition) is 1. The van der Waals surface area contributed by atoms with Gasteiger partial charge < -0.3 is 5.11 Å². The molecule has 0 fully saturated rings. The number of aliphatic carboxylic acids is 1. The number of unbranched alkanes of at least 4 members (excludes halogenated alkanes) is 9. The van der Waals surface area contributed by atoms with Crippen molar-refractivity contribution in [1.82, 2.24) is 0 Å². The fourth-order valence-corrected chi connectivity index (χ4v) is 3.89. The minimum Gasteiger partial charge on any atom is -0.481 e. The van der Waals surface area contributed by atoms with Crippen LogP contribution in [0.2, 0.25) is 0 Å². The molecule has 0 aliphatic carbocycles. The van der Waals surface area contributed by atoms with Gasteiger partial charge in [0.1, 0.15) is 0 Å². The second-order valence-corrected chi connectivity index (χ2v) is 8.02. The van der Waals surface area contributed by atoms with Gasteiger partial charge in [0.15, 0.2) is 0 Å². The molecule has 0 aromatic rings. The Balaban J connectivity index is 4.33. The molecule has 0 aromatic carbocycles. The number of carboxylic acids is 1. The van der Waals surface area contributed by atoms with E-state index in [1.165, 1.54) is 44.9 Å². The van der Waals surface area contributed by atoms with Crippen molar-refractivity contribution in [3.63, 3.8) is 0 Å². The van der Waals surface area contributed by atoms with Gasteiger partial charge in [0, 0.05) is 0 Å². The molecule has 0 aromatic heterocycles. The first kappa shape index (κ1) is 23.5. The summed E-state index contributed by atoms with van der Waals surface area (Å²) in [7, 11) is 0. The van der Waals surface area contributed by atoms with Gasteiger partial charge >= 0.3 is 5.97 Å². The molecule has 0 bridgehead atoms. The zero-order valence-electron chi connectivity index (χ0n) is 17.0. The van der Waals surface area contributed by atoms with Crippen LogP contribution >= 0.6 is 0 Å². The Labute approximate surface area is 151 Å². The highest BCUT2D eigenvalue weighted by atomic mass is 16.4. The van der Waals surface area contributed by atoms with Crippen LogP contribution < -0.4 is 0 Å². The lowest BCUT2D eigenvalue weighted by Crippen LogP contribution is -2.33. The van der Waals surface area contributed by atoms with Crippen molar-refractivity contribution in [1.29, 1.82) is 0 Å². The molecule has 0 amide bonds. The number of carbonyl (C=O) groups is 1. The summed E-state index contributed by atoms with van der Waals surface area (Å²) in [6.45, 7) is 8.89. The van der Waals surface area contributed by atoms with Crippen molar-refractivity contribution in [2.24, 2.45) is 11.3 Å². The van der Waals surface area contributed by atoms with Crippen LogP contribution in [-0.4, -0.2) is 11.1 Å². The number of carboxylic acid groups (broad SMARTS) is 1. The summed E-state index contributed by atoms with van der Waals surface area (Å²) in [4.78, 5) is 11.9. The molecule has 0 heterocycles. The quantitative estimate of drug-likeness (QED) is 0.277. The van der Waals surface area contributed by atoms with Gasteiger partial charge in [0.25, 0.3) is 0 Å². The lowest BCUT2D eigenvalue weighted by atomic mass is 9.68. The smallest absolute Gasteiger partial charge is 0.307 e. The number of hydrogen-bond donors (Lipinski definition) is 1. The van der Waals surface area contributed by atoms with E-state index in [4.69, 9.17) is 0 Å². The van der Waals surface area contributed by atoms with Gasteiger partial charge in [-0.25, -0.2) is 0 Å².